The highest BCUT2D eigenvalue weighted by molar-refractivity contribution is 7.91. The van der Waals surface area contributed by atoms with Crippen LogP contribution in [-0.4, -0.2) is 24.6 Å². The fraction of sp³-hybridized carbons (Fsp3) is 0.280. The average Bonchev–Trinajstić information content (AvgIpc) is 3.54. The molecule has 2 aliphatic carbocycles. The molecule has 2 aromatic carbocycles. The van der Waals surface area contributed by atoms with Gasteiger partial charge in [-0.05, 0) is 79.0 Å². The van der Waals surface area contributed by atoms with Gasteiger partial charge >= 0.3 is 0 Å². The zero-order valence-corrected chi connectivity index (χ0v) is 20.5. The van der Waals surface area contributed by atoms with Gasteiger partial charge in [0.05, 0.1) is 4.34 Å². The molecule has 0 amide bonds. The van der Waals surface area contributed by atoms with Gasteiger partial charge in [-0.1, -0.05) is 47.1 Å². The van der Waals surface area contributed by atoms with Crippen molar-refractivity contribution in [3.63, 3.8) is 0 Å². The molecule has 174 valence electrons. The van der Waals surface area contributed by atoms with E-state index >= 15 is 0 Å². The highest BCUT2D eigenvalue weighted by Gasteiger charge is 2.41. The summed E-state index contributed by atoms with van der Waals surface area (Å²) in [7, 11) is -3.59. The van der Waals surface area contributed by atoms with Crippen molar-refractivity contribution in [1.29, 1.82) is 0 Å². The molecule has 4 aromatic rings. The molecule has 0 radical (unpaired) electrons. The molecule has 2 aliphatic rings. The number of nitrogens with zero attached hydrogens (tertiary/aromatic N) is 2. The number of aromatic nitrogens is 2. The predicted octanol–water partition coefficient (Wildman–Crippen LogP) is 5.59. The molecule has 0 aliphatic heterocycles. The van der Waals surface area contributed by atoms with Gasteiger partial charge in [0.1, 0.15) is 4.21 Å². The number of nitrogens with one attached hydrogen (secondary N) is 1. The van der Waals surface area contributed by atoms with Crippen molar-refractivity contribution < 1.29 is 12.9 Å². The molecule has 2 aromatic heterocycles. The number of rotatable bonds is 5. The van der Waals surface area contributed by atoms with E-state index in [9.17, 15) is 8.42 Å². The van der Waals surface area contributed by atoms with Crippen LogP contribution in [0.4, 0.5) is 0 Å². The van der Waals surface area contributed by atoms with Crippen molar-refractivity contribution in [2.75, 3.05) is 0 Å². The van der Waals surface area contributed by atoms with Crippen LogP contribution in [0.3, 0.4) is 0 Å². The van der Waals surface area contributed by atoms with Crippen LogP contribution in [-0.2, 0) is 22.9 Å². The van der Waals surface area contributed by atoms with E-state index in [-0.39, 0.29) is 22.1 Å². The second-order valence-corrected chi connectivity index (χ2v) is 12.6. The quantitative estimate of drug-likeness (QED) is 0.377. The lowest BCUT2D eigenvalue weighted by atomic mass is 9.92. The Morgan fingerprint density at radius 2 is 1.71 bits per heavy atom. The normalized spacial score (nSPS) is 21.9. The molecular formula is C25H22ClN3O3S2. The molecule has 34 heavy (non-hydrogen) atoms. The monoisotopic (exact) mass is 511 g/mol. The van der Waals surface area contributed by atoms with Gasteiger partial charge in [0.25, 0.3) is 5.89 Å². The molecule has 3 atom stereocenters. The third-order valence-electron chi connectivity index (χ3n) is 6.90. The molecule has 1 N–H and O–H groups in total. The highest BCUT2D eigenvalue weighted by atomic mass is 35.5. The molecule has 2 heterocycles. The minimum absolute atomic E-state index is 0.0865. The minimum Gasteiger partial charge on any atom is -0.334 e. The third-order valence-corrected chi connectivity index (χ3v) is 10.1. The maximum Gasteiger partial charge on any atom is 0.258 e. The van der Waals surface area contributed by atoms with Gasteiger partial charge in [-0.2, -0.15) is 4.98 Å². The summed E-state index contributed by atoms with van der Waals surface area (Å²) in [6.45, 7) is 0. The standard InChI is InChI=1S/C25H22ClN3O3S2/c26-21-10-11-22(33-21)34(30,31)29-23-17-7-8-18(23)13-20-14-19(9-6-16(20)12-17)24-27-25(32-28-24)15-4-2-1-3-5-15/h1-6,9-11,14,17-18,23,29H,7-8,12-13H2. The maximum absolute atomic E-state index is 13.0. The third kappa shape index (κ3) is 4.09. The highest BCUT2D eigenvalue weighted by Crippen LogP contribution is 2.42. The Balaban J connectivity index is 1.26. The molecular weight excluding hydrogens is 490 g/mol. The van der Waals surface area contributed by atoms with Crippen molar-refractivity contribution in [3.8, 4) is 22.8 Å². The summed E-state index contributed by atoms with van der Waals surface area (Å²) in [6.07, 6.45) is 3.70. The van der Waals surface area contributed by atoms with Crippen LogP contribution in [0.15, 0.2) is 69.4 Å². The SMILES string of the molecule is O=S(=O)(NC1C2CCC1Cc1cc(-c3noc(-c4ccccc4)n3)ccc1C2)c1ccc(Cl)s1. The number of halogens is 1. The van der Waals surface area contributed by atoms with E-state index in [1.54, 1.807) is 12.1 Å². The summed E-state index contributed by atoms with van der Waals surface area (Å²) < 4.78 is 35.2. The molecule has 6 nitrogen and oxygen atoms in total. The zero-order chi connectivity index (χ0) is 23.3. The van der Waals surface area contributed by atoms with Crippen LogP contribution in [0.5, 0.6) is 0 Å². The van der Waals surface area contributed by atoms with Gasteiger partial charge in [0, 0.05) is 17.2 Å². The molecule has 0 saturated heterocycles. The van der Waals surface area contributed by atoms with E-state index in [0.717, 1.165) is 48.1 Å². The number of thiophene rings is 1. The van der Waals surface area contributed by atoms with Crippen molar-refractivity contribution in [2.24, 2.45) is 11.8 Å². The van der Waals surface area contributed by atoms with Crippen molar-refractivity contribution in [1.82, 2.24) is 14.9 Å². The topological polar surface area (TPSA) is 85.1 Å². The van der Waals surface area contributed by atoms with Gasteiger partial charge in [-0.3, -0.25) is 0 Å². The predicted molar refractivity (Wildman–Crippen MR) is 132 cm³/mol. The molecule has 0 spiro atoms. The first kappa shape index (κ1) is 22.0. The Kier molecular flexibility index (Phi) is 5.56. The summed E-state index contributed by atoms with van der Waals surface area (Å²) in [5.41, 5.74) is 4.30. The summed E-state index contributed by atoms with van der Waals surface area (Å²) in [6, 6.07) is 19.1. The lowest BCUT2D eigenvalue weighted by molar-refractivity contribution is 0.386. The Labute approximate surface area is 207 Å². The largest absolute Gasteiger partial charge is 0.334 e. The molecule has 3 unspecified atom stereocenters. The average molecular weight is 512 g/mol. The minimum atomic E-state index is -3.59. The Morgan fingerprint density at radius 1 is 0.941 bits per heavy atom. The maximum atomic E-state index is 13.0. The Morgan fingerprint density at radius 3 is 2.44 bits per heavy atom. The van der Waals surface area contributed by atoms with Crippen LogP contribution in [0.1, 0.15) is 24.0 Å². The number of sulfonamides is 1. The van der Waals surface area contributed by atoms with E-state index in [0.29, 0.717) is 16.1 Å². The van der Waals surface area contributed by atoms with Crippen molar-refractivity contribution >= 4 is 33.0 Å². The summed E-state index contributed by atoms with van der Waals surface area (Å²) in [4.78, 5) is 4.59. The van der Waals surface area contributed by atoms with Crippen molar-refractivity contribution in [3.05, 3.63) is 76.1 Å². The number of benzene rings is 2. The van der Waals surface area contributed by atoms with Gasteiger partial charge in [0.2, 0.25) is 15.8 Å². The smallest absolute Gasteiger partial charge is 0.258 e. The van der Waals surface area contributed by atoms with E-state index in [2.05, 4.69) is 27.0 Å². The molecule has 9 heteroatoms. The first-order valence-electron chi connectivity index (χ1n) is 11.3. The van der Waals surface area contributed by atoms with E-state index in [4.69, 9.17) is 16.1 Å². The van der Waals surface area contributed by atoms with E-state index in [1.165, 1.54) is 11.1 Å². The van der Waals surface area contributed by atoms with Gasteiger partial charge in [-0.15, -0.1) is 11.3 Å². The van der Waals surface area contributed by atoms with Crippen LogP contribution in [0.2, 0.25) is 4.34 Å². The van der Waals surface area contributed by atoms with Gasteiger partial charge < -0.3 is 4.52 Å². The fourth-order valence-corrected chi connectivity index (χ4v) is 8.13. The first-order chi connectivity index (χ1) is 16.5. The van der Waals surface area contributed by atoms with E-state index < -0.39 is 10.0 Å². The number of hydrogen-bond donors (Lipinski definition) is 1. The van der Waals surface area contributed by atoms with Crippen LogP contribution >= 0.6 is 22.9 Å². The first-order valence-corrected chi connectivity index (χ1v) is 13.9. The van der Waals surface area contributed by atoms with Crippen LogP contribution in [0, 0.1) is 11.8 Å². The molecule has 1 saturated carbocycles. The van der Waals surface area contributed by atoms with E-state index in [1.807, 2.05) is 36.4 Å². The Bertz CT molecular complexity index is 1450. The second kappa shape index (κ2) is 8.61. The summed E-state index contributed by atoms with van der Waals surface area (Å²) >= 11 is 7.07. The Hall–Kier alpha value is -2.52. The molecule has 2 bridgehead atoms. The van der Waals surface area contributed by atoms with Crippen molar-refractivity contribution in [2.45, 2.75) is 35.9 Å². The molecule has 6 rings (SSSR count). The van der Waals surface area contributed by atoms with Gasteiger partial charge in [-0.25, -0.2) is 13.1 Å². The second-order valence-electron chi connectivity index (χ2n) is 8.98. The summed E-state index contributed by atoms with van der Waals surface area (Å²) in [5.74, 6) is 1.57. The van der Waals surface area contributed by atoms with Gasteiger partial charge in [0.15, 0.2) is 0 Å². The van der Waals surface area contributed by atoms with Crippen LogP contribution < -0.4 is 4.72 Å². The molecule has 1 fully saturated rings. The number of hydrogen-bond acceptors (Lipinski definition) is 6. The fourth-order valence-electron chi connectivity index (χ4n) is 5.26. The summed E-state index contributed by atoms with van der Waals surface area (Å²) in [5, 5.41) is 4.19. The zero-order valence-electron chi connectivity index (χ0n) is 18.1. The lowest BCUT2D eigenvalue weighted by Crippen LogP contribution is -2.41. The van der Waals surface area contributed by atoms with Crippen LogP contribution in [0.25, 0.3) is 22.8 Å². The lowest BCUT2D eigenvalue weighted by Gasteiger charge is -2.23. The number of fused-ring (bicyclic) bond motifs is 3.